The first-order chi connectivity index (χ1) is 13.1. The quantitative estimate of drug-likeness (QED) is 0.471. The molecule has 0 radical (unpaired) electrons. The predicted octanol–water partition coefficient (Wildman–Crippen LogP) is 4.47. The maximum Gasteiger partial charge on any atom is 0.273 e. The number of hydrogen-bond acceptors (Lipinski definition) is 3. The van der Waals surface area contributed by atoms with Gasteiger partial charge in [-0.05, 0) is 30.3 Å². The van der Waals surface area contributed by atoms with Crippen molar-refractivity contribution in [3.8, 4) is 0 Å². The molecule has 0 unspecified atom stereocenters. The van der Waals surface area contributed by atoms with E-state index in [9.17, 15) is 9.59 Å². The number of halogens is 1. The van der Waals surface area contributed by atoms with Gasteiger partial charge in [0.25, 0.3) is 11.8 Å². The molecule has 5 nitrogen and oxygen atoms in total. The average molecular weight is 422 g/mol. The molecule has 0 fully saturated rings. The smallest absolute Gasteiger partial charge is 0.273 e. The molecule has 6 heteroatoms. The summed E-state index contributed by atoms with van der Waals surface area (Å²) in [6.07, 6.45) is 1.55. The number of amides is 2. The highest BCUT2D eigenvalue weighted by atomic mass is 79.9. The lowest BCUT2D eigenvalue weighted by atomic mass is 10.1. The standard InChI is InChI=1S/C21H16BrN3O2/c22-18-12-6-4-10-16(18)14-23-25-21(27)17-11-5-7-13-19(17)24-20(26)15-8-2-1-3-9-15/h1-14H,(H,24,26)(H,25,27). The van der Waals surface area contributed by atoms with Gasteiger partial charge >= 0.3 is 0 Å². The summed E-state index contributed by atoms with van der Waals surface area (Å²) in [5, 5.41) is 6.76. The number of nitrogens with zero attached hydrogens (tertiary/aromatic N) is 1. The summed E-state index contributed by atoms with van der Waals surface area (Å²) in [5.74, 6) is -0.699. The molecule has 3 aromatic carbocycles. The Morgan fingerprint density at radius 2 is 1.48 bits per heavy atom. The molecule has 0 aromatic heterocycles. The lowest BCUT2D eigenvalue weighted by molar-refractivity contribution is 0.0956. The molecule has 3 aromatic rings. The van der Waals surface area contributed by atoms with Gasteiger partial charge in [-0.15, -0.1) is 0 Å². The average Bonchev–Trinajstić information content (AvgIpc) is 2.70. The van der Waals surface area contributed by atoms with Crippen LogP contribution in [0.3, 0.4) is 0 Å². The molecular weight excluding hydrogens is 406 g/mol. The second-order valence-corrected chi connectivity index (χ2v) is 6.44. The number of rotatable bonds is 5. The highest BCUT2D eigenvalue weighted by Crippen LogP contribution is 2.17. The maximum atomic E-state index is 12.5. The molecule has 0 heterocycles. The van der Waals surface area contributed by atoms with E-state index in [-0.39, 0.29) is 5.91 Å². The fourth-order valence-electron chi connectivity index (χ4n) is 2.37. The van der Waals surface area contributed by atoms with Crippen LogP contribution in [-0.2, 0) is 0 Å². The van der Waals surface area contributed by atoms with Gasteiger partial charge in [0.15, 0.2) is 0 Å². The van der Waals surface area contributed by atoms with E-state index in [1.54, 1.807) is 54.7 Å². The zero-order valence-electron chi connectivity index (χ0n) is 14.2. The second-order valence-electron chi connectivity index (χ2n) is 5.59. The van der Waals surface area contributed by atoms with Crippen molar-refractivity contribution in [1.29, 1.82) is 0 Å². The molecule has 2 amide bonds. The van der Waals surface area contributed by atoms with Crippen molar-refractivity contribution in [2.24, 2.45) is 5.10 Å². The first-order valence-electron chi connectivity index (χ1n) is 8.18. The van der Waals surface area contributed by atoms with Crippen LogP contribution < -0.4 is 10.7 Å². The van der Waals surface area contributed by atoms with Gasteiger partial charge in [0.2, 0.25) is 0 Å². The van der Waals surface area contributed by atoms with Gasteiger partial charge < -0.3 is 5.32 Å². The molecule has 0 aliphatic heterocycles. The summed E-state index contributed by atoms with van der Waals surface area (Å²) < 4.78 is 0.874. The molecule has 134 valence electrons. The van der Waals surface area contributed by atoms with Crippen molar-refractivity contribution in [3.05, 3.63) is 100 Å². The van der Waals surface area contributed by atoms with Gasteiger partial charge in [0, 0.05) is 15.6 Å². The molecule has 0 spiro atoms. The Bertz CT molecular complexity index is 987. The van der Waals surface area contributed by atoms with Gasteiger partial charge in [0.1, 0.15) is 0 Å². The fourth-order valence-corrected chi connectivity index (χ4v) is 2.76. The maximum absolute atomic E-state index is 12.5. The Balaban J connectivity index is 1.72. The lowest BCUT2D eigenvalue weighted by Gasteiger charge is -2.10. The molecule has 2 N–H and O–H groups in total. The van der Waals surface area contributed by atoms with Crippen LogP contribution in [0.25, 0.3) is 0 Å². The van der Waals surface area contributed by atoms with E-state index in [2.05, 4.69) is 31.8 Å². The monoisotopic (exact) mass is 421 g/mol. The molecule has 0 bridgehead atoms. The molecule has 0 aliphatic carbocycles. The minimum absolute atomic E-state index is 0.285. The number of anilines is 1. The summed E-state index contributed by atoms with van der Waals surface area (Å²) in [4.78, 5) is 24.8. The number of hydrogen-bond donors (Lipinski definition) is 2. The van der Waals surface area contributed by atoms with Gasteiger partial charge in [-0.1, -0.05) is 64.5 Å². The summed E-state index contributed by atoms with van der Waals surface area (Å²) in [7, 11) is 0. The SMILES string of the molecule is O=C(Nc1ccccc1C(=O)NN=Cc1ccccc1Br)c1ccccc1. The van der Waals surface area contributed by atoms with Crippen LogP contribution in [0.4, 0.5) is 5.69 Å². The Labute approximate surface area is 165 Å². The first kappa shape index (κ1) is 18.5. The summed E-state index contributed by atoms with van der Waals surface area (Å²) in [6.45, 7) is 0. The van der Waals surface area contributed by atoms with E-state index in [1.165, 1.54) is 0 Å². The third-order valence-corrected chi connectivity index (χ3v) is 4.45. The third kappa shape index (κ3) is 4.89. The van der Waals surface area contributed by atoms with Crippen LogP contribution in [0.1, 0.15) is 26.3 Å². The van der Waals surface area contributed by atoms with Crippen LogP contribution >= 0.6 is 15.9 Å². The van der Waals surface area contributed by atoms with Gasteiger partial charge in [-0.25, -0.2) is 5.43 Å². The van der Waals surface area contributed by atoms with Crippen molar-refractivity contribution < 1.29 is 9.59 Å². The highest BCUT2D eigenvalue weighted by Gasteiger charge is 2.13. The number of carbonyl (C=O) groups excluding carboxylic acids is 2. The van der Waals surface area contributed by atoms with E-state index >= 15 is 0 Å². The zero-order chi connectivity index (χ0) is 19.1. The highest BCUT2D eigenvalue weighted by molar-refractivity contribution is 9.10. The van der Waals surface area contributed by atoms with Crippen molar-refractivity contribution in [2.75, 3.05) is 5.32 Å². The largest absolute Gasteiger partial charge is 0.321 e. The number of benzene rings is 3. The van der Waals surface area contributed by atoms with Crippen molar-refractivity contribution in [3.63, 3.8) is 0 Å². The third-order valence-electron chi connectivity index (χ3n) is 3.73. The second kappa shape index (κ2) is 8.91. The molecule has 3 rings (SSSR count). The molecular formula is C21H16BrN3O2. The normalized spacial score (nSPS) is 10.6. The van der Waals surface area contributed by atoms with E-state index in [1.807, 2.05) is 30.3 Å². The Kier molecular flexibility index (Phi) is 6.12. The predicted molar refractivity (Wildman–Crippen MR) is 110 cm³/mol. The number of para-hydroxylation sites is 1. The van der Waals surface area contributed by atoms with Gasteiger partial charge in [0.05, 0.1) is 17.5 Å². The first-order valence-corrected chi connectivity index (χ1v) is 8.98. The summed E-state index contributed by atoms with van der Waals surface area (Å²) in [5.41, 5.74) is 4.58. The topological polar surface area (TPSA) is 70.6 Å². The number of carbonyl (C=O) groups is 2. The van der Waals surface area contributed by atoms with Crippen molar-refractivity contribution >= 4 is 39.6 Å². The van der Waals surface area contributed by atoms with Crippen LogP contribution in [-0.4, -0.2) is 18.0 Å². The number of nitrogens with one attached hydrogen (secondary N) is 2. The molecule has 0 aliphatic rings. The van der Waals surface area contributed by atoms with E-state index < -0.39 is 5.91 Å². The number of hydrazone groups is 1. The molecule has 27 heavy (non-hydrogen) atoms. The Morgan fingerprint density at radius 3 is 2.26 bits per heavy atom. The van der Waals surface area contributed by atoms with Crippen LogP contribution in [0.2, 0.25) is 0 Å². The van der Waals surface area contributed by atoms with Crippen molar-refractivity contribution in [2.45, 2.75) is 0 Å². The molecule has 0 saturated carbocycles. The minimum atomic E-state index is -0.415. The van der Waals surface area contributed by atoms with Crippen LogP contribution in [0.5, 0.6) is 0 Å². The minimum Gasteiger partial charge on any atom is -0.321 e. The van der Waals surface area contributed by atoms with Crippen LogP contribution in [0.15, 0.2) is 88.4 Å². The van der Waals surface area contributed by atoms with Crippen molar-refractivity contribution in [1.82, 2.24) is 5.43 Å². The molecule has 0 atom stereocenters. The molecule has 0 saturated heterocycles. The fraction of sp³-hybridized carbons (Fsp3) is 0. The van der Waals surface area contributed by atoms with Gasteiger partial charge in [-0.2, -0.15) is 5.10 Å². The Morgan fingerprint density at radius 1 is 0.815 bits per heavy atom. The zero-order valence-corrected chi connectivity index (χ0v) is 15.8. The Hall–Kier alpha value is -3.25. The van der Waals surface area contributed by atoms with E-state index in [0.29, 0.717) is 16.8 Å². The van der Waals surface area contributed by atoms with Gasteiger partial charge in [-0.3, -0.25) is 9.59 Å². The van der Waals surface area contributed by atoms with Crippen LogP contribution in [0, 0.1) is 0 Å². The van der Waals surface area contributed by atoms with E-state index in [0.717, 1.165) is 10.0 Å². The van der Waals surface area contributed by atoms with E-state index in [4.69, 9.17) is 0 Å². The summed E-state index contributed by atoms with van der Waals surface area (Å²) >= 11 is 3.42. The lowest BCUT2D eigenvalue weighted by Crippen LogP contribution is -2.21. The summed E-state index contributed by atoms with van der Waals surface area (Å²) in [6, 6.07) is 23.1.